The van der Waals surface area contributed by atoms with E-state index < -0.39 is 0 Å². The third-order valence-corrected chi connectivity index (χ3v) is 1.99. The lowest BCUT2D eigenvalue weighted by Gasteiger charge is -2.05. The first kappa shape index (κ1) is 9.65. The van der Waals surface area contributed by atoms with Crippen molar-refractivity contribution in [2.75, 3.05) is 0 Å². The van der Waals surface area contributed by atoms with Gasteiger partial charge in [0.05, 0.1) is 6.20 Å². The Bertz CT molecular complexity index is 431. The highest BCUT2D eigenvalue weighted by Gasteiger charge is 2.01. The molecule has 0 atom stereocenters. The van der Waals surface area contributed by atoms with Crippen LogP contribution in [0.5, 0.6) is 5.75 Å². The predicted octanol–water partition coefficient (Wildman–Crippen LogP) is 2.80. The van der Waals surface area contributed by atoms with Crippen LogP contribution in [0.4, 0.5) is 4.39 Å². The van der Waals surface area contributed by atoms with Crippen LogP contribution in [0.2, 0.25) is 0 Å². The standard InChI is InChI=1S/C12H10FNO/c13-12-8-14-7-6-10(12)9-15-11-4-2-1-3-5-11/h1-8H,9H2. The summed E-state index contributed by atoms with van der Waals surface area (Å²) in [6.45, 7) is 0.221. The number of halogens is 1. The lowest BCUT2D eigenvalue weighted by atomic mass is 10.3. The zero-order valence-corrected chi connectivity index (χ0v) is 8.06. The largest absolute Gasteiger partial charge is 0.489 e. The molecule has 0 fully saturated rings. The Labute approximate surface area is 87.4 Å². The zero-order valence-electron chi connectivity index (χ0n) is 8.06. The molecule has 0 aliphatic carbocycles. The van der Waals surface area contributed by atoms with Crippen LogP contribution in [0.25, 0.3) is 0 Å². The van der Waals surface area contributed by atoms with Crippen molar-refractivity contribution in [3.63, 3.8) is 0 Å². The SMILES string of the molecule is Fc1cnccc1COc1ccccc1. The highest BCUT2D eigenvalue weighted by atomic mass is 19.1. The van der Waals surface area contributed by atoms with Gasteiger partial charge in [-0.25, -0.2) is 4.39 Å². The molecule has 0 aliphatic heterocycles. The molecule has 1 aromatic carbocycles. The number of hydrogen-bond donors (Lipinski definition) is 0. The Hall–Kier alpha value is -1.90. The smallest absolute Gasteiger partial charge is 0.148 e. The molecule has 15 heavy (non-hydrogen) atoms. The van der Waals surface area contributed by atoms with Gasteiger partial charge in [0.15, 0.2) is 0 Å². The summed E-state index contributed by atoms with van der Waals surface area (Å²) < 4.78 is 18.6. The Kier molecular flexibility index (Phi) is 2.93. The monoisotopic (exact) mass is 203 g/mol. The molecule has 1 heterocycles. The lowest BCUT2D eigenvalue weighted by molar-refractivity contribution is 0.299. The zero-order chi connectivity index (χ0) is 10.5. The summed E-state index contributed by atoms with van der Waals surface area (Å²) in [5.41, 5.74) is 0.508. The Morgan fingerprint density at radius 3 is 2.67 bits per heavy atom. The van der Waals surface area contributed by atoms with Gasteiger partial charge in [0.25, 0.3) is 0 Å². The molecule has 76 valence electrons. The van der Waals surface area contributed by atoms with E-state index in [2.05, 4.69) is 4.98 Å². The van der Waals surface area contributed by atoms with E-state index >= 15 is 0 Å². The van der Waals surface area contributed by atoms with E-state index in [-0.39, 0.29) is 12.4 Å². The van der Waals surface area contributed by atoms with Gasteiger partial charge < -0.3 is 4.74 Å². The van der Waals surface area contributed by atoms with Crippen LogP contribution in [-0.4, -0.2) is 4.98 Å². The molecule has 0 saturated carbocycles. The third kappa shape index (κ3) is 2.53. The molecule has 1 aromatic heterocycles. The molecule has 3 heteroatoms. The van der Waals surface area contributed by atoms with E-state index in [9.17, 15) is 4.39 Å². The van der Waals surface area contributed by atoms with Crippen molar-refractivity contribution in [3.8, 4) is 5.75 Å². The van der Waals surface area contributed by atoms with Crippen LogP contribution >= 0.6 is 0 Å². The number of pyridine rings is 1. The van der Waals surface area contributed by atoms with Crippen LogP contribution < -0.4 is 4.74 Å². The summed E-state index contributed by atoms with van der Waals surface area (Å²) in [6.07, 6.45) is 2.73. The van der Waals surface area contributed by atoms with Gasteiger partial charge in [-0.15, -0.1) is 0 Å². The van der Waals surface area contributed by atoms with Gasteiger partial charge in [0.1, 0.15) is 18.2 Å². The molecular weight excluding hydrogens is 193 g/mol. The van der Waals surface area contributed by atoms with Crippen molar-refractivity contribution >= 4 is 0 Å². The maximum atomic E-state index is 13.1. The number of para-hydroxylation sites is 1. The minimum absolute atomic E-state index is 0.221. The molecule has 0 spiro atoms. The Morgan fingerprint density at radius 1 is 1.13 bits per heavy atom. The maximum Gasteiger partial charge on any atom is 0.148 e. The molecule has 2 nitrogen and oxygen atoms in total. The second kappa shape index (κ2) is 4.55. The molecule has 2 aromatic rings. The second-order valence-electron chi connectivity index (χ2n) is 3.07. The normalized spacial score (nSPS) is 9.93. The lowest BCUT2D eigenvalue weighted by Crippen LogP contribution is -1.98. The van der Waals surface area contributed by atoms with E-state index in [0.717, 1.165) is 5.75 Å². The minimum Gasteiger partial charge on any atom is -0.489 e. The quantitative estimate of drug-likeness (QED) is 0.765. The summed E-state index contributed by atoms with van der Waals surface area (Å²) in [7, 11) is 0. The van der Waals surface area contributed by atoms with Crippen LogP contribution in [0.15, 0.2) is 48.8 Å². The summed E-state index contributed by atoms with van der Waals surface area (Å²) in [6, 6.07) is 10.9. The van der Waals surface area contributed by atoms with E-state index in [1.165, 1.54) is 6.20 Å². The molecular formula is C12H10FNO. The molecule has 2 rings (SSSR count). The number of nitrogens with zero attached hydrogens (tertiary/aromatic N) is 1. The highest BCUT2D eigenvalue weighted by Crippen LogP contribution is 2.12. The molecule has 0 amide bonds. The van der Waals surface area contributed by atoms with Crippen molar-refractivity contribution in [2.45, 2.75) is 6.61 Å². The van der Waals surface area contributed by atoms with Gasteiger partial charge in [0.2, 0.25) is 0 Å². The van der Waals surface area contributed by atoms with E-state index in [4.69, 9.17) is 4.74 Å². The molecule has 0 radical (unpaired) electrons. The fourth-order valence-corrected chi connectivity index (χ4v) is 1.20. The van der Waals surface area contributed by atoms with Gasteiger partial charge in [-0.2, -0.15) is 0 Å². The summed E-state index contributed by atoms with van der Waals surface area (Å²) in [5, 5.41) is 0. The van der Waals surface area contributed by atoms with Crippen LogP contribution in [-0.2, 0) is 6.61 Å². The van der Waals surface area contributed by atoms with E-state index in [0.29, 0.717) is 5.56 Å². The average Bonchev–Trinajstić information content (AvgIpc) is 2.29. The minimum atomic E-state index is -0.339. The van der Waals surface area contributed by atoms with Gasteiger partial charge in [-0.1, -0.05) is 18.2 Å². The van der Waals surface area contributed by atoms with E-state index in [1.807, 2.05) is 30.3 Å². The van der Waals surface area contributed by atoms with Crippen LogP contribution in [0.3, 0.4) is 0 Å². The molecule has 0 N–H and O–H groups in total. The van der Waals surface area contributed by atoms with Crippen molar-refractivity contribution in [3.05, 3.63) is 60.2 Å². The fraction of sp³-hybridized carbons (Fsp3) is 0.0833. The maximum absolute atomic E-state index is 13.1. The molecule has 0 unspecified atom stereocenters. The number of benzene rings is 1. The second-order valence-corrected chi connectivity index (χ2v) is 3.07. The van der Waals surface area contributed by atoms with E-state index in [1.54, 1.807) is 12.3 Å². The van der Waals surface area contributed by atoms with Gasteiger partial charge in [-0.3, -0.25) is 4.98 Å². The first-order valence-electron chi connectivity index (χ1n) is 4.62. The van der Waals surface area contributed by atoms with Gasteiger partial charge >= 0.3 is 0 Å². The summed E-state index contributed by atoms with van der Waals surface area (Å²) in [4.78, 5) is 3.67. The van der Waals surface area contributed by atoms with Crippen LogP contribution in [0, 0.1) is 5.82 Å². The molecule has 0 saturated heterocycles. The fourth-order valence-electron chi connectivity index (χ4n) is 1.20. The van der Waals surface area contributed by atoms with Crippen LogP contribution in [0.1, 0.15) is 5.56 Å². The van der Waals surface area contributed by atoms with Crippen molar-refractivity contribution < 1.29 is 9.13 Å². The van der Waals surface area contributed by atoms with Crippen molar-refractivity contribution in [1.29, 1.82) is 0 Å². The topological polar surface area (TPSA) is 22.1 Å². The number of ether oxygens (including phenoxy) is 1. The van der Waals surface area contributed by atoms with Gasteiger partial charge in [-0.05, 0) is 18.2 Å². The first-order valence-corrected chi connectivity index (χ1v) is 4.62. The number of rotatable bonds is 3. The molecule has 0 bridgehead atoms. The van der Waals surface area contributed by atoms with Crippen molar-refractivity contribution in [1.82, 2.24) is 4.98 Å². The third-order valence-electron chi connectivity index (χ3n) is 1.99. The summed E-state index contributed by atoms with van der Waals surface area (Å²) >= 11 is 0. The highest BCUT2D eigenvalue weighted by molar-refractivity contribution is 5.22. The number of hydrogen-bond acceptors (Lipinski definition) is 2. The predicted molar refractivity (Wildman–Crippen MR) is 55.0 cm³/mol. The Morgan fingerprint density at radius 2 is 1.93 bits per heavy atom. The molecule has 0 aliphatic rings. The van der Waals surface area contributed by atoms with Gasteiger partial charge in [0, 0.05) is 11.8 Å². The van der Waals surface area contributed by atoms with Crippen molar-refractivity contribution in [2.24, 2.45) is 0 Å². The Balaban J connectivity index is 2.03. The average molecular weight is 203 g/mol. The summed E-state index contributed by atoms with van der Waals surface area (Å²) in [5.74, 6) is 0.391. The number of aromatic nitrogens is 1. The first-order chi connectivity index (χ1) is 7.36.